The van der Waals surface area contributed by atoms with Gasteiger partial charge in [-0.15, -0.1) is 0 Å². The predicted molar refractivity (Wildman–Crippen MR) is 160 cm³/mol. The zero-order valence-corrected chi connectivity index (χ0v) is 22.2. The van der Waals surface area contributed by atoms with Crippen LogP contribution in [0.2, 0.25) is 0 Å². The third kappa shape index (κ3) is 2.62. The van der Waals surface area contributed by atoms with Gasteiger partial charge in [-0.25, -0.2) is 0 Å². The van der Waals surface area contributed by atoms with Crippen molar-refractivity contribution in [3.8, 4) is 16.8 Å². The molecule has 2 aromatic heterocycles. The molecule has 0 aliphatic heterocycles. The predicted octanol–water partition coefficient (Wildman–Crippen LogP) is 9.92. The first-order valence-electron chi connectivity index (χ1n) is 13.5. The number of aromatic nitrogens is 1. The first-order valence-corrected chi connectivity index (χ1v) is 13.5. The Balaban J connectivity index is 1.44. The topological polar surface area (TPSA) is 18.1 Å². The smallest absolute Gasteiger partial charge is 0.135 e. The van der Waals surface area contributed by atoms with Crippen LogP contribution >= 0.6 is 0 Å². The summed E-state index contributed by atoms with van der Waals surface area (Å²) in [5, 5.41) is 4.95. The van der Waals surface area contributed by atoms with Crippen molar-refractivity contribution in [2.75, 3.05) is 0 Å². The monoisotopic (exact) mass is 491 g/mol. The van der Waals surface area contributed by atoms with Crippen molar-refractivity contribution in [1.29, 1.82) is 0 Å². The molecule has 0 spiro atoms. The largest absolute Gasteiger partial charge is 0.456 e. The summed E-state index contributed by atoms with van der Waals surface area (Å²) >= 11 is 0. The molecule has 8 rings (SSSR count). The number of fused-ring (bicyclic) bond motifs is 9. The Hall–Kier alpha value is -4.30. The van der Waals surface area contributed by atoms with Gasteiger partial charge in [0.15, 0.2) is 0 Å². The molecule has 0 N–H and O–H groups in total. The normalized spacial score (nSPS) is 15.8. The van der Waals surface area contributed by atoms with Crippen LogP contribution in [0.25, 0.3) is 60.6 Å². The lowest BCUT2D eigenvalue weighted by Gasteiger charge is -2.48. The van der Waals surface area contributed by atoms with Crippen molar-refractivity contribution in [2.24, 2.45) is 0 Å². The van der Waals surface area contributed by atoms with E-state index in [0.717, 1.165) is 11.2 Å². The third-order valence-corrected chi connectivity index (χ3v) is 9.56. The second kappa shape index (κ2) is 7.17. The van der Waals surface area contributed by atoms with E-state index in [2.05, 4.69) is 129 Å². The quantitative estimate of drug-likeness (QED) is 0.223. The molecule has 0 fully saturated rings. The Morgan fingerprint density at radius 3 is 1.76 bits per heavy atom. The number of rotatable bonds is 1. The van der Waals surface area contributed by atoms with Crippen LogP contribution < -0.4 is 0 Å². The Kier molecular flexibility index (Phi) is 4.10. The minimum absolute atomic E-state index is 0.0935. The fourth-order valence-corrected chi connectivity index (χ4v) is 6.81. The maximum Gasteiger partial charge on any atom is 0.135 e. The number of para-hydroxylation sites is 3. The van der Waals surface area contributed by atoms with E-state index in [-0.39, 0.29) is 10.8 Å². The van der Waals surface area contributed by atoms with E-state index in [1.54, 1.807) is 0 Å². The molecule has 0 radical (unpaired) electrons. The minimum Gasteiger partial charge on any atom is -0.456 e. The van der Waals surface area contributed by atoms with Crippen molar-refractivity contribution in [1.82, 2.24) is 4.57 Å². The van der Waals surface area contributed by atoms with Gasteiger partial charge in [-0.2, -0.15) is 0 Å². The lowest BCUT2D eigenvalue weighted by Crippen LogP contribution is -2.43. The molecule has 0 amide bonds. The van der Waals surface area contributed by atoms with E-state index in [1.807, 2.05) is 6.07 Å². The summed E-state index contributed by atoms with van der Waals surface area (Å²) in [5.74, 6) is 0. The number of furan rings is 1. The zero-order valence-electron chi connectivity index (χ0n) is 22.2. The van der Waals surface area contributed by atoms with E-state index < -0.39 is 0 Å². The summed E-state index contributed by atoms with van der Waals surface area (Å²) in [4.78, 5) is 0. The number of hydrogen-bond acceptors (Lipinski definition) is 1. The van der Waals surface area contributed by atoms with Crippen molar-refractivity contribution >= 4 is 43.7 Å². The summed E-state index contributed by atoms with van der Waals surface area (Å²) in [6.45, 7) is 9.56. The van der Waals surface area contributed by atoms with Gasteiger partial charge >= 0.3 is 0 Å². The maximum atomic E-state index is 6.31. The fraction of sp³-hybridized carbons (Fsp3) is 0.167. The molecule has 2 heterocycles. The van der Waals surface area contributed by atoms with Crippen LogP contribution in [0.5, 0.6) is 0 Å². The van der Waals surface area contributed by atoms with Crippen LogP contribution in [0, 0.1) is 0 Å². The molecule has 0 atom stereocenters. The van der Waals surface area contributed by atoms with Gasteiger partial charge in [0.05, 0.1) is 11.0 Å². The lowest BCUT2D eigenvalue weighted by atomic mass is 9.55. The summed E-state index contributed by atoms with van der Waals surface area (Å²) in [5.41, 5.74) is 10.8. The van der Waals surface area contributed by atoms with E-state index in [1.165, 1.54) is 60.5 Å². The standard InChI is InChI=1S/C36H29NO/c1-35(2)29-19-22(37-31-14-8-5-11-24(31)25-12-6-9-15-32(25)37)17-18-23(29)27-20-28-26-13-7-10-16-33(26)38-34(28)21-30(27)36(35,3)4/h5-21H,1-4H3. The molecule has 0 unspecified atom stereocenters. The molecule has 1 aliphatic carbocycles. The second-order valence-corrected chi connectivity index (χ2v) is 11.8. The fourth-order valence-electron chi connectivity index (χ4n) is 6.81. The van der Waals surface area contributed by atoms with E-state index in [0.29, 0.717) is 0 Å². The Morgan fingerprint density at radius 2 is 1.08 bits per heavy atom. The third-order valence-electron chi connectivity index (χ3n) is 9.56. The molecule has 2 nitrogen and oxygen atoms in total. The molecular weight excluding hydrogens is 462 g/mol. The summed E-state index contributed by atoms with van der Waals surface area (Å²) in [6, 6.07) is 37.6. The van der Waals surface area contributed by atoms with E-state index >= 15 is 0 Å². The molecule has 7 aromatic rings. The molecule has 5 aromatic carbocycles. The van der Waals surface area contributed by atoms with E-state index in [4.69, 9.17) is 4.42 Å². The molecule has 0 saturated carbocycles. The average molecular weight is 492 g/mol. The first kappa shape index (κ1) is 21.8. The number of nitrogens with zero attached hydrogens (tertiary/aromatic N) is 1. The van der Waals surface area contributed by atoms with Gasteiger partial charge in [0.2, 0.25) is 0 Å². The van der Waals surface area contributed by atoms with Crippen molar-refractivity contribution in [2.45, 2.75) is 38.5 Å². The molecular formula is C36H29NO. The van der Waals surface area contributed by atoms with Gasteiger partial charge in [0.25, 0.3) is 0 Å². The molecule has 1 aliphatic rings. The molecule has 38 heavy (non-hydrogen) atoms. The van der Waals surface area contributed by atoms with Gasteiger partial charge in [-0.05, 0) is 75.5 Å². The van der Waals surface area contributed by atoms with Crippen molar-refractivity contribution < 1.29 is 4.42 Å². The van der Waals surface area contributed by atoms with Gasteiger partial charge in [-0.3, -0.25) is 0 Å². The molecule has 0 bridgehead atoms. The van der Waals surface area contributed by atoms with Crippen LogP contribution in [0.1, 0.15) is 38.8 Å². The highest BCUT2D eigenvalue weighted by Gasteiger charge is 2.46. The van der Waals surface area contributed by atoms with Gasteiger partial charge in [-0.1, -0.05) is 88.4 Å². The van der Waals surface area contributed by atoms with Gasteiger partial charge in [0, 0.05) is 27.2 Å². The van der Waals surface area contributed by atoms with Crippen molar-refractivity contribution in [3.63, 3.8) is 0 Å². The number of hydrogen-bond donors (Lipinski definition) is 0. The average Bonchev–Trinajstić information content (AvgIpc) is 3.47. The lowest BCUT2D eigenvalue weighted by molar-refractivity contribution is 0.299. The minimum atomic E-state index is -0.0953. The Bertz CT molecular complexity index is 2030. The number of benzene rings is 5. The van der Waals surface area contributed by atoms with Crippen molar-refractivity contribution in [3.05, 3.63) is 114 Å². The van der Waals surface area contributed by atoms with Crippen LogP contribution in [0.4, 0.5) is 0 Å². The second-order valence-electron chi connectivity index (χ2n) is 11.8. The Labute approximate surface area is 222 Å². The molecule has 184 valence electrons. The molecule has 0 saturated heterocycles. The van der Waals surface area contributed by atoms with Crippen LogP contribution in [-0.4, -0.2) is 4.57 Å². The van der Waals surface area contributed by atoms with E-state index in [9.17, 15) is 0 Å². The van der Waals surface area contributed by atoms with Gasteiger partial charge < -0.3 is 8.98 Å². The highest BCUT2D eigenvalue weighted by Crippen LogP contribution is 2.55. The molecule has 2 heteroatoms. The van der Waals surface area contributed by atoms with Crippen LogP contribution in [-0.2, 0) is 10.8 Å². The highest BCUT2D eigenvalue weighted by atomic mass is 16.3. The van der Waals surface area contributed by atoms with Crippen LogP contribution in [0.15, 0.2) is 108 Å². The first-order chi connectivity index (χ1) is 18.4. The SMILES string of the molecule is CC1(C)c2cc(-n3c4ccccc4c4ccccc43)ccc2-c2cc3c(cc2C1(C)C)oc1ccccc13. The maximum absolute atomic E-state index is 6.31. The van der Waals surface area contributed by atoms with Crippen LogP contribution in [0.3, 0.4) is 0 Å². The Morgan fingerprint density at radius 1 is 0.500 bits per heavy atom. The highest BCUT2D eigenvalue weighted by molar-refractivity contribution is 6.10. The summed E-state index contributed by atoms with van der Waals surface area (Å²) in [6.07, 6.45) is 0. The van der Waals surface area contributed by atoms with Gasteiger partial charge in [0.1, 0.15) is 11.2 Å². The summed E-state index contributed by atoms with van der Waals surface area (Å²) < 4.78 is 8.74. The summed E-state index contributed by atoms with van der Waals surface area (Å²) in [7, 11) is 0. The zero-order chi connectivity index (χ0) is 25.8.